The van der Waals surface area contributed by atoms with Crippen LogP contribution < -0.4 is 10.2 Å². The van der Waals surface area contributed by atoms with Gasteiger partial charge < -0.3 is 10.2 Å². The van der Waals surface area contributed by atoms with Crippen LogP contribution in [0.5, 0.6) is 0 Å². The van der Waals surface area contributed by atoms with Gasteiger partial charge in [-0.25, -0.2) is 0 Å². The maximum absolute atomic E-state index is 3.47. The number of benzene rings is 1. The Morgan fingerprint density at radius 2 is 1.65 bits per heavy atom. The highest BCUT2D eigenvalue weighted by Crippen LogP contribution is 2.33. The lowest BCUT2D eigenvalue weighted by Gasteiger charge is -2.35. The minimum Gasteiger partial charge on any atom is -0.372 e. The smallest absolute Gasteiger partial charge is 0.0696 e. The SMILES string of the molecule is c1csc([C@H](c2ccc(N3CCCC3)cc2)N2CCNCC2)c1. The third kappa shape index (κ3) is 3.30. The third-order valence-electron chi connectivity index (χ3n) is 5.01. The van der Waals surface area contributed by atoms with Crippen molar-refractivity contribution in [1.29, 1.82) is 0 Å². The molecule has 1 atom stereocenters. The second-order valence-electron chi connectivity index (χ2n) is 6.49. The van der Waals surface area contributed by atoms with Crippen LogP contribution in [-0.4, -0.2) is 44.2 Å². The Bertz CT molecular complexity index is 596. The van der Waals surface area contributed by atoms with Crippen molar-refractivity contribution in [3.63, 3.8) is 0 Å². The molecule has 122 valence electrons. The van der Waals surface area contributed by atoms with Gasteiger partial charge in [-0.05, 0) is 42.0 Å². The minimum atomic E-state index is 0.407. The summed E-state index contributed by atoms with van der Waals surface area (Å²) in [6.45, 7) is 6.85. The number of hydrogen-bond donors (Lipinski definition) is 1. The van der Waals surface area contributed by atoms with Crippen LogP contribution in [0.25, 0.3) is 0 Å². The summed E-state index contributed by atoms with van der Waals surface area (Å²) in [5.74, 6) is 0. The van der Waals surface area contributed by atoms with E-state index in [2.05, 4.69) is 56.9 Å². The second-order valence-corrected chi connectivity index (χ2v) is 7.47. The summed E-state index contributed by atoms with van der Waals surface area (Å²) >= 11 is 1.88. The molecule has 2 saturated heterocycles. The summed E-state index contributed by atoms with van der Waals surface area (Å²) in [5, 5.41) is 5.67. The number of nitrogens with zero attached hydrogens (tertiary/aromatic N) is 2. The van der Waals surface area contributed by atoms with Crippen LogP contribution in [0.1, 0.15) is 29.3 Å². The molecule has 2 fully saturated rings. The zero-order valence-electron chi connectivity index (χ0n) is 13.6. The molecule has 4 heteroatoms. The van der Waals surface area contributed by atoms with Crippen molar-refractivity contribution in [3.05, 3.63) is 52.2 Å². The normalized spacial score (nSPS) is 20.8. The fourth-order valence-corrected chi connectivity index (χ4v) is 4.67. The number of piperazine rings is 1. The van der Waals surface area contributed by atoms with Crippen molar-refractivity contribution in [2.45, 2.75) is 18.9 Å². The van der Waals surface area contributed by atoms with Gasteiger partial charge in [-0.1, -0.05) is 18.2 Å². The molecule has 0 bridgehead atoms. The van der Waals surface area contributed by atoms with Crippen LogP contribution in [0.2, 0.25) is 0 Å². The quantitative estimate of drug-likeness (QED) is 0.929. The van der Waals surface area contributed by atoms with Gasteiger partial charge in [-0.15, -0.1) is 11.3 Å². The molecule has 0 unspecified atom stereocenters. The Kier molecular flexibility index (Phi) is 4.64. The van der Waals surface area contributed by atoms with Crippen molar-refractivity contribution in [1.82, 2.24) is 10.2 Å². The molecule has 2 aliphatic rings. The fraction of sp³-hybridized carbons (Fsp3) is 0.474. The van der Waals surface area contributed by atoms with E-state index in [0.29, 0.717) is 6.04 Å². The van der Waals surface area contributed by atoms with E-state index in [1.54, 1.807) is 0 Å². The van der Waals surface area contributed by atoms with E-state index in [9.17, 15) is 0 Å². The van der Waals surface area contributed by atoms with Gasteiger partial charge in [0.05, 0.1) is 6.04 Å². The van der Waals surface area contributed by atoms with Crippen LogP contribution in [0.4, 0.5) is 5.69 Å². The van der Waals surface area contributed by atoms with Gasteiger partial charge in [0.25, 0.3) is 0 Å². The van der Waals surface area contributed by atoms with E-state index < -0.39 is 0 Å². The highest BCUT2D eigenvalue weighted by atomic mass is 32.1. The minimum absolute atomic E-state index is 0.407. The Hall–Kier alpha value is -1.36. The van der Waals surface area contributed by atoms with Crippen LogP contribution in [0, 0.1) is 0 Å². The first-order valence-electron chi connectivity index (χ1n) is 8.75. The molecule has 0 amide bonds. The van der Waals surface area contributed by atoms with E-state index >= 15 is 0 Å². The molecule has 2 aromatic rings. The van der Waals surface area contributed by atoms with Crippen molar-refractivity contribution in [3.8, 4) is 0 Å². The lowest BCUT2D eigenvalue weighted by Crippen LogP contribution is -2.45. The predicted octanol–water partition coefficient (Wildman–Crippen LogP) is 3.34. The van der Waals surface area contributed by atoms with Gasteiger partial charge in [0, 0.05) is 49.8 Å². The van der Waals surface area contributed by atoms with Gasteiger partial charge in [-0.2, -0.15) is 0 Å². The Labute approximate surface area is 142 Å². The van der Waals surface area contributed by atoms with E-state index in [1.165, 1.54) is 42.1 Å². The number of nitrogens with one attached hydrogen (secondary N) is 1. The van der Waals surface area contributed by atoms with Gasteiger partial charge in [0.2, 0.25) is 0 Å². The molecule has 3 heterocycles. The lowest BCUT2D eigenvalue weighted by molar-refractivity contribution is 0.200. The van der Waals surface area contributed by atoms with Crippen molar-refractivity contribution in [2.24, 2.45) is 0 Å². The van der Waals surface area contributed by atoms with Gasteiger partial charge >= 0.3 is 0 Å². The maximum atomic E-state index is 3.47. The van der Waals surface area contributed by atoms with Crippen molar-refractivity contribution >= 4 is 17.0 Å². The number of thiophene rings is 1. The summed E-state index contributed by atoms with van der Waals surface area (Å²) in [6, 6.07) is 14.2. The molecule has 2 aliphatic heterocycles. The third-order valence-corrected chi connectivity index (χ3v) is 5.93. The predicted molar refractivity (Wildman–Crippen MR) is 98.5 cm³/mol. The summed E-state index contributed by atoms with van der Waals surface area (Å²) in [5.41, 5.74) is 2.81. The zero-order valence-corrected chi connectivity index (χ0v) is 14.4. The van der Waals surface area contributed by atoms with E-state index in [0.717, 1.165) is 26.2 Å². The van der Waals surface area contributed by atoms with Crippen LogP contribution in [0.15, 0.2) is 41.8 Å². The topological polar surface area (TPSA) is 18.5 Å². The van der Waals surface area contributed by atoms with Crippen LogP contribution in [-0.2, 0) is 0 Å². The summed E-state index contributed by atoms with van der Waals surface area (Å²) < 4.78 is 0. The highest BCUT2D eigenvalue weighted by molar-refractivity contribution is 7.10. The number of anilines is 1. The van der Waals surface area contributed by atoms with Crippen LogP contribution in [0.3, 0.4) is 0 Å². The molecule has 0 aliphatic carbocycles. The Balaban J connectivity index is 1.60. The van der Waals surface area contributed by atoms with E-state index in [1.807, 2.05) is 11.3 Å². The molecule has 1 aromatic carbocycles. The average molecular weight is 327 g/mol. The average Bonchev–Trinajstić information content (AvgIpc) is 3.31. The highest BCUT2D eigenvalue weighted by Gasteiger charge is 2.24. The molecule has 1 N–H and O–H groups in total. The molecule has 23 heavy (non-hydrogen) atoms. The lowest BCUT2D eigenvalue weighted by atomic mass is 10.0. The number of rotatable bonds is 4. The molecule has 3 nitrogen and oxygen atoms in total. The van der Waals surface area contributed by atoms with E-state index in [-0.39, 0.29) is 0 Å². The molecule has 0 radical (unpaired) electrons. The molecular formula is C19H25N3S. The molecule has 1 aromatic heterocycles. The fourth-order valence-electron chi connectivity index (χ4n) is 3.78. The van der Waals surface area contributed by atoms with Gasteiger partial charge in [0.15, 0.2) is 0 Å². The monoisotopic (exact) mass is 327 g/mol. The summed E-state index contributed by atoms with van der Waals surface area (Å²) in [6.07, 6.45) is 2.67. The largest absolute Gasteiger partial charge is 0.372 e. The van der Waals surface area contributed by atoms with Crippen LogP contribution >= 0.6 is 11.3 Å². The molecule has 0 saturated carbocycles. The Morgan fingerprint density at radius 3 is 2.30 bits per heavy atom. The maximum Gasteiger partial charge on any atom is 0.0696 e. The van der Waals surface area contributed by atoms with Gasteiger partial charge in [-0.3, -0.25) is 4.90 Å². The van der Waals surface area contributed by atoms with Crippen molar-refractivity contribution < 1.29 is 0 Å². The second kappa shape index (κ2) is 7.04. The first-order valence-corrected chi connectivity index (χ1v) is 9.63. The summed E-state index contributed by atoms with van der Waals surface area (Å²) in [7, 11) is 0. The van der Waals surface area contributed by atoms with E-state index in [4.69, 9.17) is 0 Å². The number of hydrogen-bond acceptors (Lipinski definition) is 4. The Morgan fingerprint density at radius 1 is 0.913 bits per heavy atom. The van der Waals surface area contributed by atoms with Crippen molar-refractivity contribution in [2.75, 3.05) is 44.2 Å². The first kappa shape index (κ1) is 15.2. The zero-order chi connectivity index (χ0) is 15.5. The summed E-state index contributed by atoms with van der Waals surface area (Å²) in [4.78, 5) is 6.59. The standard InChI is InChI=1S/C19H25N3S/c1-2-12-21(11-1)17-7-5-16(6-8-17)19(18-4-3-15-23-18)22-13-9-20-10-14-22/h3-8,15,19-20H,1-2,9-14H2/t19-/m0/s1. The van der Waals surface area contributed by atoms with Gasteiger partial charge in [0.1, 0.15) is 0 Å². The molecule has 4 rings (SSSR count). The molecular weight excluding hydrogens is 302 g/mol. The first-order chi connectivity index (χ1) is 11.4. The molecule has 0 spiro atoms.